The molecule has 2 aliphatic heterocycles. The van der Waals surface area contributed by atoms with Gasteiger partial charge < -0.3 is 18.9 Å². The monoisotopic (exact) mass is 262 g/mol. The molecular formula is C13H10O6. The van der Waals surface area contributed by atoms with Crippen LogP contribution >= 0.6 is 0 Å². The minimum atomic E-state index is -0.473. The van der Waals surface area contributed by atoms with Crippen molar-refractivity contribution >= 4 is 18.0 Å². The lowest BCUT2D eigenvalue weighted by atomic mass is 10.1. The van der Waals surface area contributed by atoms with Gasteiger partial charge in [0.15, 0.2) is 5.76 Å². The number of ether oxygens (including phenoxy) is 4. The van der Waals surface area contributed by atoms with Gasteiger partial charge in [0.2, 0.25) is 0 Å². The first kappa shape index (κ1) is 11.6. The number of epoxide rings is 1. The Kier molecular flexibility index (Phi) is 2.45. The highest BCUT2D eigenvalue weighted by Gasteiger charge is 2.40. The number of esters is 2. The first-order chi connectivity index (χ1) is 9.02. The van der Waals surface area contributed by atoms with Crippen LogP contribution in [0.3, 0.4) is 0 Å². The van der Waals surface area contributed by atoms with Gasteiger partial charge in [-0.15, -0.1) is 0 Å². The van der Waals surface area contributed by atoms with Crippen LogP contribution in [0.5, 0.6) is 17.2 Å². The minimum absolute atomic E-state index is 0.250. The normalized spacial score (nSPS) is 18.0. The van der Waals surface area contributed by atoms with E-state index in [4.69, 9.17) is 18.9 Å². The van der Waals surface area contributed by atoms with E-state index in [9.17, 15) is 9.59 Å². The molecule has 0 amide bonds. The molecular weight excluding hydrogens is 252 g/mol. The van der Waals surface area contributed by atoms with Crippen LogP contribution in [-0.4, -0.2) is 18.2 Å². The van der Waals surface area contributed by atoms with Gasteiger partial charge in [-0.2, -0.15) is 0 Å². The zero-order chi connectivity index (χ0) is 13.6. The third-order valence-electron chi connectivity index (χ3n) is 2.53. The molecule has 0 aliphatic carbocycles. The Hall–Kier alpha value is -2.50. The summed E-state index contributed by atoms with van der Waals surface area (Å²) < 4.78 is 20.7. The molecule has 0 radical (unpaired) electrons. The fourth-order valence-electron chi connectivity index (χ4n) is 1.81. The van der Waals surface area contributed by atoms with Crippen molar-refractivity contribution in [2.45, 2.75) is 20.1 Å². The van der Waals surface area contributed by atoms with Crippen molar-refractivity contribution in [3.63, 3.8) is 0 Å². The largest absolute Gasteiger partial charge is 0.447 e. The van der Waals surface area contributed by atoms with Gasteiger partial charge in [-0.1, -0.05) is 0 Å². The van der Waals surface area contributed by atoms with E-state index >= 15 is 0 Å². The van der Waals surface area contributed by atoms with Gasteiger partial charge in [0.25, 0.3) is 6.29 Å². The van der Waals surface area contributed by atoms with E-state index in [1.807, 2.05) is 0 Å². The van der Waals surface area contributed by atoms with E-state index < -0.39 is 11.9 Å². The summed E-state index contributed by atoms with van der Waals surface area (Å²) in [7, 11) is 0. The molecule has 0 saturated carbocycles. The van der Waals surface area contributed by atoms with Gasteiger partial charge in [0.05, 0.1) is 5.56 Å². The molecule has 98 valence electrons. The second-order valence-electron chi connectivity index (χ2n) is 4.13. The van der Waals surface area contributed by atoms with Crippen LogP contribution in [0.15, 0.2) is 17.9 Å². The molecule has 1 saturated heterocycles. The smallest absolute Gasteiger partial charge is 0.308 e. The molecule has 1 fully saturated rings. The van der Waals surface area contributed by atoms with Crippen molar-refractivity contribution in [1.29, 1.82) is 0 Å². The molecule has 1 unspecified atom stereocenters. The molecule has 6 nitrogen and oxygen atoms in total. The SMILES string of the molecule is CC(=O)Oc1cc(OC(C)=O)c2c(c1)OC1OC1=C2. The van der Waals surface area contributed by atoms with Crippen LogP contribution in [0.4, 0.5) is 0 Å². The first-order valence-electron chi connectivity index (χ1n) is 5.63. The number of hydrogen-bond donors (Lipinski definition) is 0. The molecule has 0 bridgehead atoms. The van der Waals surface area contributed by atoms with Gasteiger partial charge in [-0.3, -0.25) is 9.59 Å². The average molecular weight is 262 g/mol. The maximum absolute atomic E-state index is 11.1. The van der Waals surface area contributed by atoms with E-state index in [2.05, 4.69) is 0 Å². The Labute approximate surface area is 108 Å². The summed E-state index contributed by atoms with van der Waals surface area (Å²) >= 11 is 0. The number of hydrogen-bond acceptors (Lipinski definition) is 6. The fourth-order valence-corrected chi connectivity index (χ4v) is 1.81. The zero-order valence-electron chi connectivity index (χ0n) is 10.3. The lowest BCUT2D eigenvalue weighted by Gasteiger charge is -2.14. The number of benzene rings is 1. The van der Waals surface area contributed by atoms with Crippen molar-refractivity contribution < 1.29 is 28.5 Å². The lowest BCUT2D eigenvalue weighted by molar-refractivity contribution is -0.132. The van der Waals surface area contributed by atoms with Crippen molar-refractivity contribution in [3.8, 4) is 17.2 Å². The Morgan fingerprint density at radius 1 is 1.11 bits per heavy atom. The molecule has 0 aromatic heterocycles. The third kappa shape index (κ3) is 2.24. The predicted molar refractivity (Wildman–Crippen MR) is 62.5 cm³/mol. The van der Waals surface area contributed by atoms with Gasteiger partial charge in [-0.25, -0.2) is 0 Å². The summed E-state index contributed by atoms with van der Waals surface area (Å²) in [6.45, 7) is 2.58. The van der Waals surface area contributed by atoms with E-state index in [1.54, 1.807) is 12.1 Å². The van der Waals surface area contributed by atoms with Gasteiger partial charge >= 0.3 is 11.9 Å². The molecule has 1 aromatic carbocycles. The van der Waals surface area contributed by atoms with Crippen molar-refractivity contribution in [1.82, 2.24) is 0 Å². The lowest BCUT2D eigenvalue weighted by Crippen LogP contribution is -2.09. The second-order valence-corrected chi connectivity index (χ2v) is 4.13. The average Bonchev–Trinajstić information content (AvgIpc) is 3.02. The van der Waals surface area contributed by atoms with Crippen LogP contribution in [0.1, 0.15) is 19.4 Å². The van der Waals surface area contributed by atoms with Crippen LogP contribution < -0.4 is 14.2 Å². The third-order valence-corrected chi connectivity index (χ3v) is 2.53. The molecule has 0 N–H and O–H groups in total. The maximum atomic E-state index is 11.1. The predicted octanol–water partition coefficient (Wildman–Crippen LogP) is 1.63. The highest BCUT2D eigenvalue weighted by molar-refractivity contribution is 5.77. The van der Waals surface area contributed by atoms with Crippen LogP contribution in [0.25, 0.3) is 6.08 Å². The standard InChI is InChI=1S/C13H10O6/c1-6(14)16-8-3-10(17-7(2)15)9-5-12-13(19-12)18-11(9)4-8/h3-5,13H,1-2H3. The number of carbonyl (C=O) groups is 2. The summed E-state index contributed by atoms with van der Waals surface area (Å²) in [6.07, 6.45) is 1.35. The van der Waals surface area contributed by atoms with Gasteiger partial charge in [0.1, 0.15) is 17.2 Å². The Morgan fingerprint density at radius 2 is 1.84 bits per heavy atom. The first-order valence-corrected chi connectivity index (χ1v) is 5.63. The topological polar surface area (TPSA) is 74.4 Å². The fraction of sp³-hybridized carbons (Fsp3) is 0.231. The van der Waals surface area contributed by atoms with Crippen molar-refractivity contribution in [2.75, 3.05) is 0 Å². The summed E-state index contributed by atoms with van der Waals surface area (Å²) in [5, 5.41) is 0. The zero-order valence-corrected chi connectivity index (χ0v) is 10.3. The van der Waals surface area contributed by atoms with E-state index in [0.717, 1.165) is 0 Å². The summed E-state index contributed by atoms with van der Waals surface area (Å²) in [5.74, 6) is 0.702. The van der Waals surface area contributed by atoms with Crippen molar-refractivity contribution in [2.24, 2.45) is 0 Å². The van der Waals surface area contributed by atoms with Crippen LogP contribution in [-0.2, 0) is 14.3 Å². The molecule has 0 spiro atoms. The molecule has 19 heavy (non-hydrogen) atoms. The highest BCUT2D eigenvalue weighted by Crippen LogP contribution is 2.45. The molecule has 1 atom stereocenters. The number of fused-ring (bicyclic) bond motifs is 2. The van der Waals surface area contributed by atoms with E-state index in [-0.39, 0.29) is 17.8 Å². The summed E-state index contributed by atoms with van der Waals surface area (Å²) in [6, 6.07) is 3.02. The minimum Gasteiger partial charge on any atom is -0.447 e. The van der Waals surface area contributed by atoms with E-state index in [0.29, 0.717) is 17.1 Å². The molecule has 1 aromatic rings. The number of carbonyl (C=O) groups excluding carboxylic acids is 2. The molecule has 6 heteroatoms. The van der Waals surface area contributed by atoms with Crippen LogP contribution in [0.2, 0.25) is 0 Å². The molecule has 2 heterocycles. The van der Waals surface area contributed by atoms with Gasteiger partial charge in [0, 0.05) is 26.0 Å². The second kappa shape index (κ2) is 4.01. The maximum Gasteiger partial charge on any atom is 0.308 e. The van der Waals surface area contributed by atoms with Gasteiger partial charge in [-0.05, 0) is 6.08 Å². The molecule has 2 aliphatic rings. The Bertz CT molecular complexity index is 616. The molecule has 3 rings (SSSR count). The Balaban J connectivity index is 2.04. The summed E-state index contributed by atoms with van der Waals surface area (Å²) in [5.41, 5.74) is 0.592. The quantitative estimate of drug-likeness (QED) is 0.458. The summed E-state index contributed by atoms with van der Waals surface area (Å²) in [4.78, 5) is 22.1. The van der Waals surface area contributed by atoms with Crippen LogP contribution in [0, 0.1) is 0 Å². The van der Waals surface area contributed by atoms with Crippen molar-refractivity contribution in [3.05, 3.63) is 23.5 Å². The number of rotatable bonds is 2. The Morgan fingerprint density at radius 3 is 2.53 bits per heavy atom. The van der Waals surface area contributed by atoms with E-state index in [1.165, 1.54) is 19.9 Å². The highest BCUT2D eigenvalue weighted by atomic mass is 16.8.